The molecule has 37 heavy (non-hydrogen) atoms. The van der Waals surface area contributed by atoms with Gasteiger partial charge in [0.2, 0.25) is 0 Å². The van der Waals surface area contributed by atoms with Crippen molar-refractivity contribution in [3.05, 3.63) is 58.4 Å². The molecule has 0 atom stereocenters. The molecule has 1 aromatic carbocycles. The molecular weight excluding hydrogens is 531 g/mol. The van der Waals surface area contributed by atoms with Crippen LogP contribution >= 0.6 is 0 Å². The van der Waals surface area contributed by atoms with Gasteiger partial charge in [-0.25, -0.2) is 4.39 Å². The number of nitrogens with one attached hydrogen (secondary N) is 1. The number of anilines is 1. The van der Waals surface area contributed by atoms with Crippen LogP contribution in [0.5, 0.6) is 0 Å². The van der Waals surface area contributed by atoms with Crippen molar-refractivity contribution in [2.24, 2.45) is 5.73 Å². The number of hydrogen-bond acceptors (Lipinski definition) is 3. The number of halogens is 11. The van der Waals surface area contributed by atoms with Crippen molar-refractivity contribution in [1.82, 2.24) is 4.98 Å². The number of aromatic nitrogens is 1. The topological polar surface area (TPSA) is 68.0 Å². The maximum absolute atomic E-state index is 15.5. The normalized spacial score (nSPS) is 22.3. The van der Waals surface area contributed by atoms with Crippen molar-refractivity contribution in [2.45, 2.75) is 62.1 Å². The molecule has 15 heteroatoms. The Morgan fingerprint density at radius 2 is 1.38 bits per heavy atom. The van der Waals surface area contributed by atoms with Gasteiger partial charge < -0.3 is 11.1 Å². The maximum Gasteiger partial charge on any atom is 0.384 e. The number of nitrogens with zero attached hydrogens (tertiary/aromatic N) is 1. The second-order valence-electron chi connectivity index (χ2n) is 8.42. The predicted molar refractivity (Wildman–Crippen MR) is 108 cm³/mol. The number of amides is 1. The zero-order valence-corrected chi connectivity index (χ0v) is 18.9. The molecular formula is C22H18F11N3O. The molecule has 1 heterocycles. The van der Waals surface area contributed by atoms with Crippen LogP contribution < -0.4 is 11.1 Å². The van der Waals surface area contributed by atoms with E-state index in [4.69, 9.17) is 5.73 Å². The van der Waals surface area contributed by atoms with E-state index in [2.05, 4.69) is 10.3 Å². The summed E-state index contributed by atoms with van der Waals surface area (Å²) in [6.45, 7) is 2.29. The molecule has 1 aromatic heterocycles. The molecule has 0 radical (unpaired) electrons. The Balaban J connectivity index is 2.18. The zero-order chi connectivity index (χ0) is 28.4. The van der Waals surface area contributed by atoms with Crippen molar-refractivity contribution >= 4 is 11.6 Å². The van der Waals surface area contributed by atoms with Crippen LogP contribution in [0.1, 0.15) is 39.7 Å². The first-order valence-corrected chi connectivity index (χ1v) is 10.4. The monoisotopic (exact) mass is 549 g/mol. The summed E-state index contributed by atoms with van der Waals surface area (Å²) in [6.07, 6.45) is 0.905. The Labute approximate surface area is 202 Å². The van der Waals surface area contributed by atoms with Crippen LogP contribution in [-0.2, 0) is 18.6 Å². The summed E-state index contributed by atoms with van der Waals surface area (Å²) in [6, 6.07) is 2.88. The summed E-state index contributed by atoms with van der Waals surface area (Å²) in [5.74, 6) is -36.6. The van der Waals surface area contributed by atoms with Crippen LogP contribution in [-0.4, -0.2) is 40.5 Å². The van der Waals surface area contributed by atoms with Crippen LogP contribution in [0.25, 0.3) is 0 Å². The number of pyridine rings is 1. The molecule has 0 bridgehead atoms. The minimum absolute atomic E-state index is 0.0805. The molecule has 3 N–H and O–H groups in total. The third-order valence-corrected chi connectivity index (χ3v) is 6.17. The third-order valence-electron chi connectivity index (χ3n) is 6.17. The van der Waals surface area contributed by atoms with Gasteiger partial charge in [-0.15, -0.1) is 0 Å². The fraction of sp³-hybridized carbons (Fsp3) is 0.455. The van der Waals surface area contributed by atoms with Gasteiger partial charge >= 0.3 is 29.6 Å². The molecule has 1 amide bonds. The molecule has 1 fully saturated rings. The number of rotatable bonds is 5. The van der Waals surface area contributed by atoms with Crippen LogP contribution in [0.15, 0.2) is 30.5 Å². The van der Waals surface area contributed by atoms with Gasteiger partial charge in [0, 0.05) is 24.0 Å². The highest BCUT2D eigenvalue weighted by Gasteiger charge is 3.01. The SMILES string of the molecule is CCc1cc(C2(F)C(F)(F)C(F)(F)C(F)(F)C(F)(F)C2(F)F)cc(C)c1NC(=O)c1ccc(CN)cn1. The molecule has 3 rings (SSSR count). The van der Waals surface area contributed by atoms with E-state index >= 15 is 4.39 Å². The summed E-state index contributed by atoms with van der Waals surface area (Å²) in [5.41, 5.74) is -3.80. The van der Waals surface area contributed by atoms with E-state index in [9.17, 15) is 48.7 Å². The molecule has 1 aliphatic rings. The van der Waals surface area contributed by atoms with E-state index in [0.29, 0.717) is 5.56 Å². The molecule has 2 aromatic rings. The van der Waals surface area contributed by atoms with Crippen LogP contribution in [0, 0.1) is 6.92 Å². The molecule has 0 saturated heterocycles. The first-order chi connectivity index (χ1) is 16.8. The van der Waals surface area contributed by atoms with E-state index in [1.165, 1.54) is 25.3 Å². The van der Waals surface area contributed by atoms with Gasteiger partial charge in [-0.3, -0.25) is 9.78 Å². The van der Waals surface area contributed by atoms with Crippen molar-refractivity contribution in [3.63, 3.8) is 0 Å². The van der Waals surface area contributed by atoms with Gasteiger partial charge in [0.25, 0.3) is 11.6 Å². The molecule has 204 valence electrons. The number of carbonyl (C=O) groups excluding carboxylic acids is 1. The molecule has 1 saturated carbocycles. The lowest BCUT2D eigenvalue weighted by molar-refractivity contribution is -0.489. The average Bonchev–Trinajstić information content (AvgIpc) is 2.83. The van der Waals surface area contributed by atoms with Gasteiger partial charge in [0.1, 0.15) is 5.69 Å². The second kappa shape index (κ2) is 8.53. The number of carbonyl (C=O) groups is 1. The lowest BCUT2D eigenvalue weighted by Gasteiger charge is -2.52. The summed E-state index contributed by atoms with van der Waals surface area (Å²) >= 11 is 0. The number of hydrogen-bond donors (Lipinski definition) is 2. The van der Waals surface area contributed by atoms with Crippen LogP contribution in [0.4, 0.5) is 54.0 Å². The molecule has 0 aliphatic heterocycles. The highest BCUT2D eigenvalue weighted by molar-refractivity contribution is 6.03. The smallest absolute Gasteiger partial charge is 0.326 e. The first kappa shape index (κ1) is 28.6. The summed E-state index contributed by atoms with van der Waals surface area (Å²) in [7, 11) is 0. The highest BCUT2D eigenvalue weighted by Crippen LogP contribution is 2.72. The van der Waals surface area contributed by atoms with E-state index in [1.807, 2.05) is 0 Å². The van der Waals surface area contributed by atoms with Gasteiger partial charge in [-0.2, -0.15) is 43.9 Å². The number of aryl methyl sites for hydroxylation is 2. The van der Waals surface area contributed by atoms with Gasteiger partial charge in [-0.1, -0.05) is 25.1 Å². The number of alkyl halides is 11. The number of nitrogens with two attached hydrogens (primary N) is 1. The minimum Gasteiger partial charge on any atom is -0.326 e. The quantitative estimate of drug-likeness (QED) is 0.449. The standard InChI is InChI=1S/C22H18F11N3O/c1-3-12-7-13(6-10(2)15(12)36-16(37)14-5-4-11(8-34)9-35-14)17(23)18(24,25)20(28,29)22(32,33)21(30,31)19(17,26)27/h4-7,9H,3,8,34H2,1-2H3,(H,36,37). The van der Waals surface area contributed by atoms with Gasteiger partial charge in [0.05, 0.1) is 0 Å². The summed E-state index contributed by atoms with van der Waals surface area (Å²) in [5, 5.41) is 2.27. The van der Waals surface area contributed by atoms with Crippen LogP contribution in [0.3, 0.4) is 0 Å². The maximum atomic E-state index is 15.5. The van der Waals surface area contributed by atoms with Crippen molar-refractivity contribution in [3.8, 4) is 0 Å². The average molecular weight is 549 g/mol. The fourth-order valence-electron chi connectivity index (χ4n) is 3.96. The lowest BCUT2D eigenvalue weighted by Crippen LogP contribution is -2.82. The predicted octanol–water partition coefficient (Wildman–Crippen LogP) is 6.02. The Morgan fingerprint density at radius 1 is 0.865 bits per heavy atom. The first-order valence-electron chi connectivity index (χ1n) is 10.4. The van der Waals surface area contributed by atoms with Gasteiger partial charge in [-0.05, 0) is 36.1 Å². The highest BCUT2D eigenvalue weighted by atomic mass is 19.4. The van der Waals surface area contributed by atoms with Gasteiger partial charge in [0.15, 0.2) is 0 Å². The van der Waals surface area contributed by atoms with Crippen molar-refractivity contribution in [1.29, 1.82) is 0 Å². The van der Waals surface area contributed by atoms with E-state index in [1.54, 1.807) is 0 Å². The summed E-state index contributed by atoms with van der Waals surface area (Å²) < 4.78 is 156. The Hall–Kier alpha value is -2.97. The Morgan fingerprint density at radius 3 is 1.81 bits per heavy atom. The molecule has 1 aliphatic carbocycles. The largest absolute Gasteiger partial charge is 0.384 e. The lowest BCUT2D eigenvalue weighted by atomic mass is 9.68. The van der Waals surface area contributed by atoms with Crippen molar-refractivity contribution in [2.75, 3.05) is 5.32 Å². The molecule has 0 unspecified atom stereocenters. The van der Waals surface area contributed by atoms with Crippen LogP contribution in [0.2, 0.25) is 0 Å². The Kier molecular flexibility index (Phi) is 6.59. The van der Waals surface area contributed by atoms with E-state index < -0.39 is 57.9 Å². The minimum atomic E-state index is -7.30. The third kappa shape index (κ3) is 3.52. The van der Waals surface area contributed by atoms with Crippen molar-refractivity contribution < 1.29 is 53.1 Å². The Bertz CT molecular complexity index is 1180. The fourth-order valence-corrected chi connectivity index (χ4v) is 3.96. The van der Waals surface area contributed by atoms with E-state index in [0.717, 1.165) is 6.92 Å². The second-order valence-corrected chi connectivity index (χ2v) is 8.42. The van der Waals surface area contributed by atoms with E-state index in [-0.39, 0.29) is 36.5 Å². The number of benzene rings is 1. The summed E-state index contributed by atoms with van der Waals surface area (Å²) in [4.78, 5) is 16.4. The molecule has 0 spiro atoms. The zero-order valence-electron chi connectivity index (χ0n) is 18.9. The molecule has 4 nitrogen and oxygen atoms in total.